The van der Waals surface area contributed by atoms with Crippen LogP contribution in [0.5, 0.6) is 0 Å². The summed E-state index contributed by atoms with van der Waals surface area (Å²) in [6.45, 7) is 5.26. The first kappa shape index (κ1) is 24.2. The van der Waals surface area contributed by atoms with Gasteiger partial charge in [-0.25, -0.2) is 9.59 Å². The highest BCUT2D eigenvalue weighted by atomic mass is 16.7. The first-order chi connectivity index (χ1) is 17.7. The number of imide groups is 1. The van der Waals surface area contributed by atoms with Crippen molar-refractivity contribution in [2.75, 3.05) is 6.61 Å². The lowest BCUT2D eigenvalue weighted by molar-refractivity contribution is -0.173. The molecule has 1 N–H and O–H groups in total. The van der Waals surface area contributed by atoms with Gasteiger partial charge in [0, 0.05) is 5.92 Å². The van der Waals surface area contributed by atoms with Gasteiger partial charge >= 0.3 is 12.1 Å². The van der Waals surface area contributed by atoms with E-state index in [4.69, 9.17) is 9.57 Å². The van der Waals surface area contributed by atoms with E-state index in [1.165, 1.54) is 12.1 Å². The molecular weight excluding hydrogens is 472 g/mol. The van der Waals surface area contributed by atoms with Crippen molar-refractivity contribution in [3.63, 3.8) is 0 Å². The van der Waals surface area contributed by atoms with Crippen LogP contribution in [0.3, 0.4) is 0 Å². The molecule has 0 radical (unpaired) electrons. The van der Waals surface area contributed by atoms with Crippen molar-refractivity contribution in [3.05, 3.63) is 95.1 Å². The standard InChI is InChI=1S/C29H26N2O6/c1-29(2,3)24(27(34)37-31-25(32)21-14-8-9-15-22(21)26(31)33)30-28(35)36-16-23-19-12-6-4-10-17(19)18-11-5-7-13-20(18)23/h4-15,23-24H,16H2,1-3H3,(H,30,35). The molecule has 5 rings (SSSR count). The fraction of sp³-hybridized carbons (Fsp3) is 0.241. The average molecular weight is 499 g/mol. The summed E-state index contributed by atoms with van der Waals surface area (Å²) in [5, 5.41) is 3.00. The number of carbonyl (C=O) groups excluding carboxylic acids is 4. The highest BCUT2D eigenvalue weighted by Gasteiger charge is 2.42. The summed E-state index contributed by atoms with van der Waals surface area (Å²) >= 11 is 0. The lowest BCUT2D eigenvalue weighted by Crippen LogP contribution is -2.52. The Morgan fingerprint density at radius 3 is 1.76 bits per heavy atom. The minimum atomic E-state index is -1.19. The Morgan fingerprint density at radius 1 is 0.811 bits per heavy atom. The molecule has 3 aromatic carbocycles. The van der Waals surface area contributed by atoms with Gasteiger partial charge in [0.15, 0.2) is 0 Å². The number of benzene rings is 3. The van der Waals surface area contributed by atoms with Gasteiger partial charge in [-0.05, 0) is 39.8 Å². The van der Waals surface area contributed by atoms with Crippen molar-refractivity contribution in [1.82, 2.24) is 10.4 Å². The maximum Gasteiger partial charge on any atom is 0.407 e. The second-order valence-electron chi connectivity index (χ2n) is 10.1. The molecule has 8 nitrogen and oxygen atoms in total. The summed E-state index contributed by atoms with van der Waals surface area (Å²) < 4.78 is 5.57. The molecule has 0 fully saturated rings. The topological polar surface area (TPSA) is 102 Å². The van der Waals surface area contributed by atoms with Gasteiger partial charge in [-0.3, -0.25) is 9.59 Å². The number of nitrogens with one attached hydrogen (secondary N) is 1. The molecule has 0 saturated heterocycles. The number of nitrogens with zero attached hydrogens (tertiary/aromatic N) is 1. The first-order valence-electron chi connectivity index (χ1n) is 12.0. The van der Waals surface area contributed by atoms with Crippen LogP contribution in [-0.2, 0) is 14.4 Å². The van der Waals surface area contributed by atoms with Gasteiger partial charge in [-0.15, -0.1) is 0 Å². The fourth-order valence-electron chi connectivity index (χ4n) is 4.78. The minimum Gasteiger partial charge on any atom is -0.449 e. The molecule has 1 unspecified atom stereocenters. The van der Waals surface area contributed by atoms with Gasteiger partial charge < -0.3 is 14.9 Å². The Kier molecular flexibility index (Phi) is 6.03. The van der Waals surface area contributed by atoms with E-state index in [1.54, 1.807) is 32.9 Å². The highest BCUT2D eigenvalue weighted by molar-refractivity contribution is 6.21. The molecule has 1 aliphatic heterocycles. The third kappa shape index (κ3) is 4.35. The van der Waals surface area contributed by atoms with Crippen LogP contribution in [0.4, 0.5) is 4.79 Å². The maximum absolute atomic E-state index is 13.1. The van der Waals surface area contributed by atoms with E-state index in [0.717, 1.165) is 22.3 Å². The number of fused-ring (bicyclic) bond motifs is 4. The second kappa shape index (κ2) is 9.20. The van der Waals surface area contributed by atoms with Crippen molar-refractivity contribution in [2.24, 2.45) is 5.41 Å². The molecule has 1 atom stereocenters. The zero-order valence-electron chi connectivity index (χ0n) is 20.7. The van der Waals surface area contributed by atoms with Gasteiger partial charge in [-0.2, -0.15) is 0 Å². The van der Waals surface area contributed by atoms with Crippen molar-refractivity contribution < 1.29 is 28.8 Å². The second-order valence-corrected chi connectivity index (χ2v) is 10.1. The van der Waals surface area contributed by atoms with Crippen LogP contribution in [0.15, 0.2) is 72.8 Å². The molecule has 37 heavy (non-hydrogen) atoms. The SMILES string of the molecule is CC(C)(C)C(NC(=O)OCC1c2ccccc2-c2ccccc21)C(=O)ON1C(=O)c2ccccc2C1=O. The summed E-state index contributed by atoms with van der Waals surface area (Å²) in [6.07, 6.45) is -0.805. The van der Waals surface area contributed by atoms with E-state index in [9.17, 15) is 19.2 Å². The summed E-state index contributed by atoms with van der Waals surface area (Å²) in [4.78, 5) is 56.3. The monoisotopic (exact) mass is 498 g/mol. The Labute approximate surface area is 214 Å². The molecule has 1 heterocycles. The van der Waals surface area contributed by atoms with Crippen LogP contribution < -0.4 is 5.32 Å². The summed E-state index contributed by atoms with van der Waals surface area (Å²) in [7, 11) is 0. The van der Waals surface area contributed by atoms with E-state index in [1.807, 2.05) is 48.5 Å². The van der Waals surface area contributed by atoms with Crippen molar-refractivity contribution in [3.8, 4) is 11.1 Å². The zero-order valence-corrected chi connectivity index (χ0v) is 20.7. The molecule has 8 heteroatoms. The summed E-state index contributed by atoms with van der Waals surface area (Å²) in [6, 6.07) is 21.0. The summed E-state index contributed by atoms with van der Waals surface area (Å²) in [5.74, 6) is -2.56. The number of hydroxylamine groups is 2. The van der Waals surface area contributed by atoms with Gasteiger partial charge in [0.05, 0.1) is 11.1 Å². The highest BCUT2D eigenvalue weighted by Crippen LogP contribution is 2.44. The molecule has 0 spiro atoms. The molecule has 0 saturated carbocycles. The van der Waals surface area contributed by atoms with E-state index in [-0.39, 0.29) is 23.7 Å². The lowest BCUT2D eigenvalue weighted by Gasteiger charge is -2.30. The predicted molar refractivity (Wildman–Crippen MR) is 134 cm³/mol. The molecule has 1 aliphatic carbocycles. The Hall–Kier alpha value is -4.46. The predicted octanol–water partition coefficient (Wildman–Crippen LogP) is 4.69. The van der Waals surface area contributed by atoms with Gasteiger partial charge in [-0.1, -0.05) is 86.5 Å². The molecule has 188 valence electrons. The number of rotatable bonds is 5. The first-order valence-corrected chi connectivity index (χ1v) is 12.0. The van der Waals surface area contributed by atoms with Gasteiger partial charge in [0.1, 0.15) is 12.6 Å². The lowest BCUT2D eigenvalue weighted by atomic mass is 9.87. The van der Waals surface area contributed by atoms with Crippen LogP contribution in [0.1, 0.15) is 58.5 Å². The molecule has 0 bridgehead atoms. The Bertz CT molecular complexity index is 1340. The van der Waals surface area contributed by atoms with Crippen molar-refractivity contribution in [2.45, 2.75) is 32.7 Å². The maximum atomic E-state index is 13.1. The van der Waals surface area contributed by atoms with Crippen LogP contribution in [-0.4, -0.2) is 41.6 Å². The Morgan fingerprint density at radius 2 is 1.27 bits per heavy atom. The molecule has 0 aromatic heterocycles. The third-order valence-corrected chi connectivity index (χ3v) is 6.65. The van der Waals surface area contributed by atoms with Crippen molar-refractivity contribution in [1.29, 1.82) is 0 Å². The van der Waals surface area contributed by atoms with Gasteiger partial charge in [0.25, 0.3) is 11.8 Å². The zero-order chi connectivity index (χ0) is 26.3. The number of ether oxygens (including phenoxy) is 1. The average Bonchev–Trinajstić information content (AvgIpc) is 3.33. The number of hydrogen-bond donors (Lipinski definition) is 1. The molecule has 3 aromatic rings. The van der Waals surface area contributed by atoms with E-state index >= 15 is 0 Å². The molecule has 2 aliphatic rings. The normalized spacial score (nSPS) is 15.1. The molecular formula is C29H26N2O6. The fourth-order valence-corrected chi connectivity index (χ4v) is 4.78. The van der Waals surface area contributed by atoms with Crippen LogP contribution in [0.25, 0.3) is 11.1 Å². The number of carbonyl (C=O) groups is 4. The molecule has 3 amide bonds. The van der Waals surface area contributed by atoms with E-state index in [0.29, 0.717) is 5.06 Å². The van der Waals surface area contributed by atoms with Gasteiger partial charge in [0.2, 0.25) is 0 Å². The third-order valence-electron chi connectivity index (χ3n) is 6.65. The largest absolute Gasteiger partial charge is 0.449 e. The minimum absolute atomic E-state index is 0.0736. The number of amides is 3. The number of hydrogen-bond acceptors (Lipinski definition) is 6. The van der Waals surface area contributed by atoms with Crippen molar-refractivity contribution >= 4 is 23.9 Å². The smallest absolute Gasteiger partial charge is 0.407 e. The number of alkyl carbamates (subject to hydrolysis) is 1. The van der Waals surface area contributed by atoms with E-state index < -0.39 is 35.3 Å². The quantitative estimate of drug-likeness (QED) is 0.512. The summed E-state index contributed by atoms with van der Waals surface area (Å²) in [5.41, 5.74) is 3.83. The Balaban J connectivity index is 1.27. The van der Waals surface area contributed by atoms with Crippen LogP contribution >= 0.6 is 0 Å². The van der Waals surface area contributed by atoms with Crippen LogP contribution in [0.2, 0.25) is 0 Å². The van der Waals surface area contributed by atoms with Crippen LogP contribution in [0, 0.1) is 5.41 Å². The van der Waals surface area contributed by atoms with E-state index in [2.05, 4.69) is 5.32 Å².